The van der Waals surface area contributed by atoms with Crippen molar-refractivity contribution in [2.24, 2.45) is 4.99 Å². The Morgan fingerprint density at radius 3 is 3.13 bits per heavy atom. The van der Waals surface area contributed by atoms with Crippen LogP contribution in [0, 0.1) is 0 Å². The fourth-order valence-electron chi connectivity index (χ4n) is 1.41. The molecule has 1 aromatic heterocycles. The van der Waals surface area contributed by atoms with Crippen LogP contribution in [0.15, 0.2) is 15.3 Å². The summed E-state index contributed by atoms with van der Waals surface area (Å²) in [6, 6.07) is 1.94. The smallest absolute Gasteiger partial charge is 0.172 e. The van der Waals surface area contributed by atoms with Crippen molar-refractivity contribution in [2.75, 3.05) is 0 Å². The van der Waals surface area contributed by atoms with E-state index in [1.807, 2.05) is 17.8 Å². The first kappa shape index (κ1) is 10.3. The number of nitrogens with zero attached hydrogens (tertiary/aromatic N) is 1. The lowest BCUT2D eigenvalue weighted by Gasteiger charge is -2.25. The average molecular weight is 277 g/mol. The minimum Gasteiger partial charge on any atom is -0.304 e. The highest BCUT2D eigenvalue weighted by atomic mass is 35.5. The van der Waals surface area contributed by atoms with Crippen LogP contribution in [0.25, 0.3) is 0 Å². The van der Waals surface area contributed by atoms with E-state index in [1.165, 1.54) is 19.3 Å². The van der Waals surface area contributed by atoms with Crippen LogP contribution in [-0.4, -0.2) is 10.4 Å². The summed E-state index contributed by atoms with van der Waals surface area (Å²) >= 11 is 11.0. The van der Waals surface area contributed by atoms with E-state index >= 15 is 0 Å². The van der Waals surface area contributed by atoms with Gasteiger partial charge in [0.25, 0.3) is 0 Å². The zero-order valence-electron chi connectivity index (χ0n) is 7.83. The van der Waals surface area contributed by atoms with Crippen molar-refractivity contribution in [2.45, 2.75) is 28.7 Å². The summed E-state index contributed by atoms with van der Waals surface area (Å²) in [5, 5.41) is 1.80. The molecule has 80 valence electrons. The Kier molecular flexibility index (Phi) is 2.89. The molecule has 0 aromatic carbocycles. The fourth-order valence-corrected chi connectivity index (χ4v) is 4.78. The zero-order chi connectivity index (χ0) is 10.3. The number of nitrogens with one attached hydrogen (secondary N) is 1. The fraction of sp³-hybridized carbons (Fsp3) is 0.444. The van der Waals surface area contributed by atoms with Crippen LogP contribution in [0.2, 0.25) is 4.34 Å². The molecule has 15 heavy (non-hydrogen) atoms. The SMILES string of the molecule is Clc1cc2c(s1)SNC(SC1CCC1)=N2. The number of aliphatic imine (C=N–C) groups is 1. The Morgan fingerprint density at radius 1 is 1.53 bits per heavy atom. The molecule has 0 atom stereocenters. The molecule has 0 radical (unpaired) electrons. The number of amidine groups is 1. The molecular formula is C9H9ClN2S3. The molecule has 0 unspecified atom stereocenters. The van der Waals surface area contributed by atoms with Crippen LogP contribution in [0.3, 0.4) is 0 Å². The van der Waals surface area contributed by atoms with E-state index in [0.29, 0.717) is 0 Å². The standard InChI is InChI=1S/C9H9ClN2S3/c10-7-4-6-8(14-7)15-12-9(11-6)13-5-2-1-3-5/h4-5H,1-3H2,(H,11,12). The van der Waals surface area contributed by atoms with Crippen molar-refractivity contribution in [1.29, 1.82) is 0 Å². The summed E-state index contributed by atoms with van der Waals surface area (Å²) in [6.45, 7) is 0. The molecule has 0 saturated heterocycles. The largest absolute Gasteiger partial charge is 0.304 e. The van der Waals surface area contributed by atoms with Crippen LogP contribution in [0.4, 0.5) is 5.69 Å². The van der Waals surface area contributed by atoms with Gasteiger partial charge in [0, 0.05) is 5.25 Å². The van der Waals surface area contributed by atoms with E-state index < -0.39 is 0 Å². The Morgan fingerprint density at radius 2 is 2.40 bits per heavy atom. The molecule has 1 aromatic rings. The highest BCUT2D eigenvalue weighted by Crippen LogP contribution is 2.43. The van der Waals surface area contributed by atoms with Crippen LogP contribution < -0.4 is 4.72 Å². The Labute approximate surface area is 106 Å². The van der Waals surface area contributed by atoms with Gasteiger partial charge in [-0.3, -0.25) is 0 Å². The van der Waals surface area contributed by atoms with Crippen molar-refractivity contribution in [3.63, 3.8) is 0 Å². The van der Waals surface area contributed by atoms with Gasteiger partial charge in [0.15, 0.2) is 5.17 Å². The van der Waals surface area contributed by atoms with Gasteiger partial charge >= 0.3 is 0 Å². The highest BCUT2D eigenvalue weighted by Gasteiger charge is 2.23. The van der Waals surface area contributed by atoms with E-state index in [0.717, 1.165) is 24.7 Å². The number of hydrogen-bond donors (Lipinski definition) is 1. The third-order valence-electron chi connectivity index (χ3n) is 2.43. The Bertz CT molecular complexity index is 411. The molecule has 2 nitrogen and oxygen atoms in total. The number of thioether (sulfide) groups is 1. The summed E-state index contributed by atoms with van der Waals surface area (Å²) in [5.41, 5.74) is 1.02. The summed E-state index contributed by atoms with van der Waals surface area (Å²) in [4.78, 5) is 4.56. The van der Waals surface area contributed by atoms with Gasteiger partial charge in [-0.2, -0.15) is 0 Å². The summed E-state index contributed by atoms with van der Waals surface area (Å²) in [6.07, 6.45) is 4.02. The first-order chi connectivity index (χ1) is 7.31. The molecule has 0 amide bonds. The van der Waals surface area contributed by atoms with Crippen molar-refractivity contribution in [1.82, 2.24) is 4.72 Å². The maximum absolute atomic E-state index is 5.94. The molecule has 2 aliphatic rings. The van der Waals surface area contributed by atoms with Gasteiger partial charge in [0.2, 0.25) is 0 Å². The lowest BCUT2D eigenvalue weighted by Crippen LogP contribution is -2.22. The number of halogens is 1. The van der Waals surface area contributed by atoms with Gasteiger partial charge in [-0.1, -0.05) is 29.8 Å². The minimum absolute atomic E-state index is 0.771. The number of hydrogen-bond acceptors (Lipinski definition) is 5. The van der Waals surface area contributed by atoms with Crippen LogP contribution in [0.1, 0.15) is 19.3 Å². The maximum Gasteiger partial charge on any atom is 0.172 e. The topological polar surface area (TPSA) is 24.4 Å². The van der Waals surface area contributed by atoms with Gasteiger partial charge in [-0.15, -0.1) is 11.3 Å². The van der Waals surface area contributed by atoms with E-state index in [9.17, 15) is 0 Å². The molecule has 1 aliphatic carbocycles. The van der Waals surface area contributed by atoms with Gasteiger partial charge in [-0.25, -0.2) is 4.99 Å². The number of fused-ring (bicyclic) bond motifs is 1. The molecule has 0 spiro atoms. The highest BCUT2D eigenvalue weighted by molar-refractivity contribution is 8.16. The van der Waals surface area contributed by atoms with Crippen LogP contribution >= 0.6 is 46.6 Å². The summed E-state index contributed by atoms with van der Waals surface area (Å²) < 4.78 is 5.25. The maximum atomic E-state index is 5.94. The second-order valence-corrected chi connectivity index (χ2v) is 7.56. The normalized spacial score (nSPS) is 20.2. The zero-order valence-corrected chi connectivity index (χ0v) is 11.0. The van der Waals surface area contributed by atoms with Gasteiger partial charge < -0.3 is 4.72 Å². The molecule has 1 N–H and O–H groups in total. The van der Waals surface area contributed by atoms with Crippen LogP contribution in [-0.2, 0) is 0 Å². The van der Waals surface area contributed by atoms with E-state index in [4.69, 9.17) is 11.6 Å². The van der Waals surface area contributed by atoms with E-state index in [1.54, 1.807) is 23.3 Å². The molecule has 1 fully saturated rings. The second-order valence-electron chi connectivity index (χ2n) is 3.52. The molecule has 1 aliphatic heterocycles. The van der Waals surface area contributed by atoms with E-state index in [2.05, 4.69) is 9.71 Å². The summed E-state index contributed by atoms with van der Waals surface area (Å²) in [7, 11) is 0. The molecule has 0 bridgehead atoms. The Balaban J connectivity index is 1.78. The van der Waals surface area contributed by atoms with Crippen molar-refractivity contribution >= 4 is 57.5 Å². The predicted octanol–water partition coefficient (Wildman–Crippen LogP) is 4.29. The van der Waals surface area contributed by atoms with Gasteiger partial charge in [0.1, 0.15) is 4.21 Å². The third-order valence-corrected chi connectivity index (χ3v) is 6.02. The first-order valence-electron chi connectivity index (χ1n) is 4.79. The first-order valence-corrected chi connectivity index (χ1v) is 7.68. The minimum atomic E-state index is 0.771. The lowest BCUT2D eigenvalue weighted by molar-refractivity contribution is 0.524. The summed E-state index contributed by atoms with van der Waals surface area (Å²) in [5.74, 6) is 0. The molecule has 2 heterocycles. The molecular weight excluding hydrogens is 268 g/mol. The quantitative estimate of drug-likeness (QED) is 0.775. The number of rotatable bonds is 1. The monoisotopic (exact) mass is 276 g/mol. The number of thiophene rings is 1. The molecule has 6 heteroatoms. The Hall–Kier alpha value is 0.160. The van der Waals surface area contributed by atoms with E-state index in [-0.39, 0.29) is 0 Å². The lowest BCUT2D eigenvalue weighted by atomic mass is 10.0. The van der Waals surface area contributed by atoms with Crippen LogP contribution in [0.5, 0.6) is 0 Å². The molecule has 3 rings (SSSR count). The third kappa shape index (κ3) is 2.16. The second kappa shape index (κ2) is 4.20. The average Bonchev–Trinajstić information content (AvgIpc) is 2.50. The van der Waals surface area contributed by atoms with Crippen molar-refractivity contribution in [3.8, 4) is 0 Å². The van der Waals surface area contributed by atoms with Crippen molar-refractivity contribution < 1.29 is 0 Å². The predicted molar refractivity (Wildman–Crippen MR) is 70.6 cm³/mol. The molecule has 1 saturated carbocycles. The van der Waals surface area contributed by atoms with Gasteiger partial charge in [0.05, 0.1) is 10.0 Å². The van der Waals surface area contributed by atoms with Gasteiger partial charge in [-0.05, 0) is 30.9 Å². The van der Waals surface area contributed by atoms with Crippen molar-refractivity contribution in [3.05, 3.63) is 10.4 Å².